The van der Waals surface area contributed by atoms with Gasteiger partial charge in [-0.05, 0) is 12.1 Å². The molecule has 0 atom stereocenters. The van der Waals surface area contributed by atoms with Gasteiger partial charge in [0.15, 0.2) is 16.7 Å². The van der Waals surface area contributed by atoms with E-state index < -0.39 is 0 Å². The zero-order chi connectivity index (χ0) is 17.3. The molecule has 0 saturated heterocycles. The Morgan fingerprint density at radius 2 is 1.96 bits per heavy atom. The fourth-order valence-electron chi connectivity index (χ4n) is 2.08. The highest BCUT2D eigenvalue weighted by atomic mass is 32.1. The van der Waals surface area contributed by atoms with Gasteiger partial charge in [-0.15, -0.1) is 11.3 Å². The lowest BCUT2D eigenvalue weighted by atomic mass is 10.3. The molecule has 2 aromatic heterocycles. The topological polar surface area (TPSA) is 65.5 Å². The van der Waals surface area contributed by atoms with Crippen LogP contribution in [0, 0.1) is 0 Å². The SMILES string of the molecule is COCCCOc1cc(Oc2ccccc2)cnc1Nc1nccs1. The third kappa shape index (κ3) is 5.17. The highest BCUT2D eigenvalue weighted by Crippen LogP contribution is 2.32. The first-order valence-electron chi connectivity index (χ1n) is 7.86. The molecular weight excluding hydrogens is 338 g/mol. The Morgan fingerprint density at radius 1 is 1.08 bits per heavy atom. The Morgan fingerprint density at radius 3 is 2.72 bits per heavy atom. The second-order valence-electron chi connectivity index (χ2n) is 5.09. The third-order valence-electron chi connectivity index (χ3n) is 3.21. The lowest BCUT2D eigenvalue weighted by Gasteiger charge is -2.13. The van der Waals surface area contributed by atoms with Crippen molar-refractivity contribution in [3.05, 3.63) is 54.2 Å². The van der Waals surface area contributed by atoms with Gasteiger partial charge < -0.3 is 19.5 Å². The molecule has 0 fully saturated rings. The number of benzene rings is 1. The Labute approximate surface area is 150 Å². The largest absolute Gasteiger partial charge is 0.489 e. The molecule has 0 radical (unpaired) electrons. The van der Waals surface area contributed by atoms with Crippen LogP contribution in [0.3, 0.4) is 0 Å². The van der Waals surface area contributed by atoms with E-state index in [1.54, 1.807) is 19.5 Å². The van der Waals surface area contributed by atoms with Crippen LogP contribution in [0.5, 0.6) is 17.2 Å². The Balaban J connectivity index is 1.76. The molecule has 130 valence electrons. The van der Waals surface area contributed by atoms with Gasteiger partial charge in [0.25, 0.3) is 0 Å². The zero-order valence-electron chi connectivity index (χ0n) is 13.8. The quantitative estimate of drug-likeness (QED) is 0.569. The normalized spacial score (nSPS) is 10.4. The number of aromatic nitrogens is 2. The summed E-state index contributed by atoms with van der Waals surface area (Å²) in [7, 11) is 1.67. The van der Waals surface area contributed by atoms with E-state index in [4.69, 9.17) is 14.2 Å². The molecule has 0 amide bonds. The van der Waals surface area contributed by atoms with Crippen LogP contribution in [0.4, 0.5) is 10.9 Å². The summed E-state index contributed by atoms with van der Waals surface area (Å²) < 4.78 is 16.7. The van der Waals surface area contributed by atoms with Crippen molar-refractivity contribution in [1.29, 1.82) is 0 Å². The molecule has 0 unspecified atom stereocenters. The minimum atomic E-state index is 0.525. The Hall–Kier alpha value is -2.64. The van der Waals surface area contributed by atoms with Crippen molar-refractivity contribution in [3.63, 3.8) is 0 Å². The van der Waals surface area contributed by atoms with Crippen molar-refractivity contribution in [2.24, 2.45) is 0 Å². The molecule has 0 aliphatic carbocycles. The van der Waals surface area contributed by atoms with E-state index in [1.165, 1.54) is 11.3 Å². The summed E-state index contributed by atoms with van der Waals surface area (Å²) in [5, 5.41) is 5.82. The van der Waals surface area contributed by atoms with Gasteiger partial charge >= 0.3 is 0 Å². The van der Waals surface area contributed by atoms with E-state index in [2.05, 4.69) is 15.3 Å². The van der Waals surface area contributed by atoms with Crippen LogP contribution in [0.25, 0.3) is 0 Å². The lowest BCUT2D eigenvalue weighted by molar-refractivity contribution is 0.172. The van der Waals surface area contributed by atoms with Crippen molar-refractivity contribution in [2.75, 3.05) is 25.6 Å². The average molecular weight is 357 g/mol. The van der Waals surface area contributed by atoms with Gasteiger partial charge in [-0.1, -0.05) is 18.2 Å². The number of pyridine rings is 1. The fraction of sp³-hybridized carbons (Fsp3) is 0.222. The molecular formula is C18H19N3O3S. The maximum atomic E-state index is 5.86. The molecule has 25 heavy (non-hydrogen) atoms. The molecule has 2 heterocycles. The third-order valence-corrected chi connectivity index (χ3v) is 3.90. The molecule has 6 nitrogen and oxygen atoms in total. The second-order valence-corrected chi connectivity index (χ2v) is 5.98. The van der Waals surface area contributed by atoms with E-state index in [-0.39, 0.29) is 0 Å². The maximum absolute atomic E-state index is 5.86. The van der Waals surface area contributed by atoms with Crippen LogP contribution in [-0.4, -0.2) is 30.3 Å². The van der Waals surface area contributed by atoms with E-state index in [0.29, 0.717) is 30.5 Å². The van der Waals surface area contributed by atoms with Crippen molar-refractivity contribution < 1.29 is 14.2 Å². The minimum absolute atomic E-state index is 0.525. The minimum Gasteiger partial charge on any atom is -0.489 e. The van der Waals surface area contributed by atoms with Crippen LogP contribution in [-0.2, 0) is 4.74 Å². The number of nitrogens with one attached hydrogen (secondary N) is 1. The van der Waals surface area contributed by atoms with Gasteiger partial charge in [-0.3, -0.25) is 0 Å². The number of ether oxygens (including phenoxy) is 3. The molecule has 3 rings (SSSR count). The molecule has 0 aliphatic rings. The standard InChI is InChI=1S/C18H19N3O3S/c1-22-9-5-10-23-16-12-15(24-14-6-3-2-4-7-14)13-20-17(16)21-18-19-8-11-25-18/h2-4,6-8,11-13H,5,9-10H2,1H3,(H,19,20,21). The van der Waals surface area contributed by atoms with E-state index in [0.717, 1.165) is 17.3 Å². The smallest absolute Gasteiger partial charge is 0.188 e. The molecule has 3 aromatic rings. The van der Waals surface area contributed by atoms with Crippen molar-refractivity contribution >= 4 is 22.3 Å². The number of hydrogen-bond acceptors (Lipinski definition) is 7. The Bertz CT molecular complexity index is 767. The molecule has 1 aromatic carbocycles. The number of rotatable bonds is 9. The van der Waals surface area contributed by atoms with Gasteiger partial charge in [0.1, 0.15) is 11.5 Å². The first-order chi connectivity index (χ1) is 12.3. The van der Waals surface area contributed by atoms with Crippen LogP contribution >= 0.6 is 11.3 Å². The van der Waals surface area contributed by atoms with Crippen LogP contribution < -0.4 is 14.8 Å². The second kappa shape index (κ2) is 9.00. The van der Waals surface area contributed by atoms with Crippen LogP contribution in [0.2, 0.25) is 0 Å². The maximum Gasteiger partial charge on any atom is 0.188 e. The number of hydrogen-bond donors (Lipinski definition) is 1. The first-order valence-corrected chi connectivity index (χ1v) is 8.74. The molecule has 0 aliphatic heterocycles. The number of methoxy groups -OCH3 is 1. The van der Waals surface area contributed by atoms with Crippen LogP contribution in [0.1, 0.15) is 6.42 Å². The van der Waals surface area contributed by atoms with Gasteiger partial charge in [-0.25, -0.2) is 9.97 Å². The van der Waals surface area contributed by atoms with E-state index >= 15 is 0 Å². The summed E-state index contributed by atoms with van der Waals surface area (Å²) in [6.07, 6.45) is 4.18. The molecule has 1 N–H and O–H groups in total. The van der Waals surface area contributed by atoms with Crippen molar-refractivity contribution in [2.45, 2.75) is 6.42 Å². The lowest BCUT2D eigenvalue weighted by Crippen LogP contribution is -2.05. The molecule has 0 saturated carbocycles. The summed E-state index contributed by atoms with van der Waals surface area (Å²) in [4.78, 5) is 8.64. The molecule has 0 bridgehead atoms. The predicted molar refractivity (Wildman–Crippen MR) is 98.1 cm³/mol. The highest BCUT2D eigenvalue weighted by Gasteiger charge is 2.10. The highest BCUT2D eigenvalue weighted by molar-refractivity contribution is 7.13. The van der Waals surface area contributed by atoms with Gasteiger partial charge in [-0.2, -0.15) is 0 Å². The van der Waals surface area contributed by atoms with Gasteiger partial charge in [0, 0.05) is 37.8 Å². The van der Waals surface area contributed by atoms with Crippen LogP contribution in [0.15, 0.2) is 54.2 Å². The Kier molecular flexibility index (Phi) is 6.19. The number of thiazole rings is 1. The summed E-state index contributed by atoms with van der Waals surface area (Å²) >= 11 is 1.50. The zero-order valence-corrected chi connectivity index (χ0v) is 14.7. The van der Waals surface area contributed by atoms with Gasteiger partial charge in [0.2, 0.25) is 0 Å². The van der Waals surface area contributed by atoms with Crippen molar-refractivity contribution in [1.82, 2.24) is 9.97 Å². The summed E-state index contributed by atoms with van der Waals surface area (Å²) in [5.74, 6) is 2.57. The van der Waals surface area contributed by atoms with Crippen molar-refractivity contribution in [3.8, 4) is 17.2 Å². The monoisotopic (exact) mass is 357 g/mol. The number of para-hydroxylation sites is 1. The number of anilines is 2. The fourth-order valence-corrected chi connectivity index (χ4v) is 2.61. The first kappa shape index (κ1) is 17.2. The summed E-state index contributed by atoms with van der Waals surface area (Å²) in [6, 6.07) is 11.4. The van der Waals surface area contributed by atoms with Gasteiger partial charge in [0.05, 0.1) is 12.8 Å². The van der Waals surface area contributed by atoms with E-state index in [9.17, 15) is 0 Å². The number of nitrogens with zero attached hydrogens (tertiary/aromatic N) is 2. The predicted octanol–water partition coefficient (Wildman–Crippen LogP) is 4.49. The summed E-state index contributed by atoms with van der Waals surface area (Å²) in [5.41, 5.74) is 0. The molecule has 0 spiro atoms. The summed E-state index contributed by atoms with van der Waals surface area (Å²) in [6.45, 7) is 1.17. The average Bonchev–Trinajstić information content (AvgIpc) is 3.15. The molecule has 7 heteroatoms. The van der Waals surface area contributed by atoms with E-state index in [1.807, 2.05) is 41.8 Å².